The summed E-state index contributed by atoms with van der Waals surface area (Å²) in [5.41, 5.74) is 3.50. The molecule has 19 heavy (non-hydrogen) atoms. The van der Waals surface area contributed by atoms with E-state index in [0.29, 0.717) is 12.0 Å². The summed E-state index contributed by atoms with van der Waals surface area (Å²) >= 11 is 0. The second kappa shape index (κ2) is 3.38. The third-order valence-corrected chi connectivity index (χ3v) is 4.76. The van der Waals surface area contributed by atoms with Gasteiger partial charge in [-0.25, -0.2) is 9.59 Å². The molecule has 4 unspecified atom stereocenters. The van der Waals surface area contributed by atoms with E-state index in [1.54, 1.807) is 0 Å². The zero-order valence-electron chi connectivity index (χ0n) is 10.6. The first kappa shape index (κ1) is 11.0. The molecule has 2 aliphatic carbocycles. The molecule has 1 saturated heterocycles. The lowest BCUT2D eigenvalue weighted by atomic mass is 9.83. The third kappa shape index (κ3) is 1.24. The lowest BCUT2D eigenvalue weighted by Crippen LogP contribution is -2.27. The zero-order chi connectivity index (χ0) is 13.3. The van der Waals surface area contributed by atoms with Gasteiger partial charge >= 0.3 is 11.9 Å². The maximum absolute atomic E-state index is 11.9. The highest BCUT2D eigenvalue weighted by atomic mass is 16.6. The predicted octanol–water partition coefficient (Wildman–Crippen LogP) is 1.68. The molecular formula is C15H14O4. The largest absolute Gasteiger partial charge is 0.457 e. The Bertz CT molecular complexity index is 595. The van der Waals surface area contributed by atoms with Crippen LogP contribution in [-0.4, -0.2) is 24.1 Å². The minimum absolute atomic E-state index is 0.00199. The topological polar surface area (TPSA) is 52.6 Å². The second-order valence-corrected chi connectivity index (χ2v) is 5.69. The first-order chi connectivity index (χ1) is 9.08. The molecule has 4 aliphatic rings. The van der Waals surface area contributed by atoms with Crippen molar-refractivity contribution in [3.63, 3.8) is 0 Å². The summed E-state index contributed by atoms with van der Waals surface area (Å²) in [6.07, 6.45) is 2.92. The van der Waals surface area contributed by atoms with Crippen molar-refractivity contribution in [1.82, 2.24) is 0 Å². The van der Waals surface area contributed by atoms with Crippen molar-refractivity contribution >= 4 is 11.9 Å². The van der Waals surface area contributed by atoms with Gasteiger partial charge in [0.25, 0.3) is 0 Å². The summed E-state index contributed by atoms with van der Waals surface area (Å²) in [7, 11) is 0. The fourth-order valence-corrected chi connectivity index (χ4v) is 3.87. The predicted molar refractivity (Wildman–Crippen MR) is 65.9 cm³/mol. The first-order valence-corrected chi connectivity index (χ1v) is 6.60. The van der Waals surface area contributed by atoms with Crippen LogP contribution in [0.5, 0.6) is 0 Å². The molecule has 4 heteroatoms. The van der Waals surface area contributed by atoms with Gasteiger partial charge in [0.1, 0.15) is 12.2 Å². The van der Waals surface area contributed by atoms with Gasteiger partial charge < -0.3 is 9.47 Å². The van der Waals surface area contributed by atoms with Crippen molar-refractivity contribution in [2.75, 3.05) is 0 Å². The van der Waals surface area contributed by atoms with E-state index in [0.717, 1.165) is 23.1 Å². The van der Waals surface area contributed by atoms with Gasteiger partial charge in [-0.1, -0.05) is 12.2 Å². The van der Waals surface area contributed by atoms with Gasteiger partial charge in [-0.3, -0.25) is 0 Å². The van der Waals surface area contributed by atoms with Crippen LogP contribution < -0.4 is 0 Å². The van der Waals surface area contributed by atoms with Crippen LogP contribution in [0.4, 0.5) is 0 Å². The van der Waals surface area contributed by atoms with E-state index >= 15 is 0 Å². The Morgan fingerprint density at radius 2 is 2.05 bits per heavy atom. The lowest BCUT2D eigenvalue weighted by molar-refractivity contribution is -0.141. The highest BCUT2D eigenvalue weighted by Gasteiger charge is 2.53. The molecular weight excluding hydrogens is 244 g/mol. The SMILES string of the molecule is C=C1C(=O)OC2C1CCC1=C3C(C=C(C)C32)OC1=O. The Labute approximate surface area is 110 Å². The Kier molecular flexibility index (Phi) is 1.96. The number of carbonyl (C=O) groups excluding carboxylic acids is 2. The third-order valence-electron chi connectivity index (χ3n) is 4.76. The highest BCUT2D eigenvalue weighted by Crippen LogP contribution is 2.51. The summed E-state index contributed by atoms with van der Waals surface area (Å²) in [6, 6.07) is 0. The van der Waals surface area contributed by atoms with Gasteiger partial charge in [0.15, 0.2) is 0 Å². The minimum Gasteiger partial charge on any atom is -0.457 e. The van der Waals surface area contributed by atoms with Crippen molar-refractivity contribution in [3.8, 4) is 0 Å². The molecule has 0 aromatic rings. The monoisotopic (exact) mass is 258 g/mol. The lowest BCUT2D eigenvalue weighted by Gasteiger charge is -2.23. The van der Waals surface area contributed by atoms with Gasteiger partial charge in [-0.15, -0.1) is 0 Å². The molecule has 0 N–H and O–H groups in total. The van der Waals surface area contributed by atoms with Crippen LogP contribution in [0, 0.1) is 11.8 Å². The van der Waals surface area contributed by atoms with E-state index in [4.69, 9.17) is 9.47 Å². The van der Waals surface area contributed by atoms with E-state index in [2.05, 4.69) is 6.58 Å². The average molecular weight is 258 g/mol. The van der Waals surface area contributed by atoms with Crippen LogP contribution >= 0.6 is 0 Å². The number of fused-ring (bicyclic) bond motifs is 2. The van der Waals surface area contributed by atoms with Crippen LogP contribution in [0.3, 0.4) is 0 Å². The van der Waals surface area contributed by atoms with Gasteiger partial charge in [-0.2, -0.15) is 0 Å². The summed E-state index contributed by atoms with van der Waals surface area (Å²) in [5.74, 6) is -0.466. The second-order valence-electron chi connectivity index (χ2n) is 5.69. The van der Waals surface area contributed by atoms with Gasteiger partial charge in [0.05, 0.1) is 0 Å². The standard InChI is InChI=1S/C15H14O4/c1-6-5-10-12-9(15(17)18-10)4-3-8-7(2)14(16)19-13(8)11(6)12/h5,8,10-11,13H,2-4H2,1H3. The van der Waals surface area contributed by atoms with Crippen molar-refractivity contribution in [2.24, 2.45) is 11.8 Å². The molecule has 4 nitrogen and oxygen atoms in total. The molecule has 2 aliphatic heterocycles. The minimum atomic E-state index is -0.291. The fourth-order valence-electron chi connectivity index (χ4n) is 3.87. The summed E-state index contributed by atoms with van der Waals surface area (Å²) in [5, 5.41) is 0. The Morgan fingerprint density at radius 1 is 1.26 bits per heavy atom. The number of rotatable bonds is 0. The van der Waals surface area contributed by atoms with E-state index in [1.165, 1.54) is 0 Å². The number of ether oxygens (including phenoxy) is 2. The van der Waals surface area contributed by atoms with Crippen LogP contribution in [0.25, 0.3) is 0 Å². The molecule has 98 valence electrons. The smallest absolute Gasteiger partial charge is 0.335 e. The van der Waals surface area contributed by atoms with Crippen molar-refractivity contribution in [1.29, 1.82) is 0 Å². The number of carbonyl (C=O) groups is 2. The van der Waals surface area contributed by atoms with Gasteiger partial charge in [-0.05, 0) is 31.4 Å². The number of esters is 2. The fraction of sp³-hybridized carbons (Fsp3) is 0.467. The molecule has 0 bridgehead atoms. The van der Waals surface area contributed by atoms with Crippen molar-refractivity contribution in [3.05, 3.63) is 34.9 Å². The molecule has 1 fully saturated rings. The Hall–Kier alpha value is -1.84. The van der Waals surface area contributed by atoms with Crippen molar-refractivity contribution in [2.45, 2.75) is 32.0 Å². The van der Waals surface area contributed by atoms with Crippen LogP contribution in [0.1, 0.15) is 19.8 Å². The number of hydrogen-bond donors (Lipinski definition) is 0. The van der Waals surface area contributed by atoms with E-state index < -0.39 is 0 Å². The molecule has 4 rings (SSSR count). The van der Waals surface area contributed by atoms with Crippen LogP contribution in [0.15, 0.2) is 34.9 Å². The van der Waals surface area contributed by atoms with Crippen molar-refractivity contribution < 1.29 is 19.1 Å². The van der Waals surface area contributed by atoms with Crippen LogP contribution in [0.2, 0.25) is 0 Å². The maximum atomic E-state index is 11.9. The normalized spacial score (nSPS) is 39.6. The van der Waals surface area contributed by atoms with E-state index in [-0.39, 0.29) is 36.0 Å². The Balaban J connectivity index is 1.85. The molecule has 2 heterocycles. The highest BCUT2D eigenvalue weighted by molar-refractivity contribution is 5.95. The Morgan fingerprint density at radius 3 is 2.84 bits per heavy atom. The zero-order valence-corrected chi connectivity index (χ0v) is 10.6. The molecule has 0 aromatic carbocycles. The van der Waals surface area contributed by atoms with E-state index in [1.807, 2.05) is 13.0 Å². The summed E-state index contributed by atoms with van der Waals surface area (Å²) in [6.45, 7) is 5.87. The summed E-state index contributed by atoms with van der Waals surface area (Å²) < 4.78 is 10.9. The average Bonchev–Trinajstić information content (AvgIpc) is 2.86. The molecule has 0 spiro atoms. The summed E-state index contributed by atoms with van der Waals surface area (Å²) in [4.78, 5) is 23.6. The molecule has 0 saturated carbocycles. The quantitative estimate of drug-likeness (QED) is 0.377. The van der Waals surface area contributed by atoms with Gasteiger partial charge in [0, 0.05) is 23.0 Å². The number of hydrogen-bond acceptors (Lipinski definition) is 4. The molecule has 0 amide bonds. The molecule has 0 aromatic heterocycles. The molecule has 4 atom stereocenters. The maximum Gasteiger partial charge on any atom is 0.335 e. The first-order valence-electron chi connectivity index (χ1n) is 6.60. The van der Waals surface area contributed by atoms with Gasteiger partial charge in [0.2, 0.25) is 0 Å². The van der Waals surface area contributed by atoms with E-state index in [9.17, 15) is 9.59 Å². The molecule has 0 radical (unpaired) electrons. The van der Waals surface area contributed by atoms with Crippen LogP contribution in [-0.2, 0) is 19.1 Å².